The average Bonchev–Trinajstić information content (AvgIpc) is 3.40. The van der Waals surface area contributed by atoms with E-state index >= 15 is 0 Å². The minimum Gasteiger partial charge on any atom is -0.467 e. The van der Waals surface area contributed by atoms with Crippen molar-refractivity contribution in [3.05, 3.63) is 77.7 Å². The molecule has 0 unspecified atom stereocenters. The molecule has 0 saturated heterocycles. The van der Waals surface area contributed by atoms with Gasteiger partial charge in [0.05, 0.1) is 27.9 Å². The molecule has 1 amide bonds. The second-order valence-corrected chi connectivity index (χ2v) is 9.91. The summed E-state index contributed by atoms with van der Waals surface area (Å²) in [4.78, 5) is 19.9. The molecule has 0 atom stereocenters. The van der Waals surface area contributed by atoms with E-state index in [2.05, 4.69) is 6.92 Å². The van der Waals surface area contributed by atoms with Gasteiger partial charge in [-0.05, 0) is 54.4 Å². The Morgan fingerprint density at radius 1 is 1.10 bits per heavy atom. The molecule has 6 nitrogen and oxygen atoms in total. The van der Waals surface area contributed by atoms with Crippen LogP contribution in [0, 0.1) is 0 Å². The molecular weight excluding hydrogens is 420 g/mol. The number of benzene rings is 2. The molecule has 154 valence electrons. The summed E-state index contributed by atoms with van der Waals surface area (Å²) in [5.74, 6) is 0.356. The van der Waals surface area contributed by atoms with Gasteiger partial charge in [0.25, 0.3) is 5.91 Å². The predicted octanol–water partition coefficient (Wildman–Crippen LogP) is 4.70. The summed E-state index contributed by atoms with van der Waals surface area (Å²) in [5, 5.41) is 0.569. The van der Waals surface area contributed by atoms with E-state index in [0.29, 0.717) is 16.5 Å². The minimum absolute atomic E-state index is 0.171. The van der Waals surface area contributed by atoms with E-state index in [0.717, 1.165) is 28.5 Å². The number of carbonyl (C=O) groups excluding carboxylic acids is 1. The van der Waals surface area contributed by atoms with E-state index in [4.69, 9.17) is 9.40 Å². The summed E-state index contributed by atoms with van der Waals surface area (Å²) in [6.07, 6.45) is 3.55. The van der Waals surface area contributed by atoms with Crippen LogP contribution >= 0.6 is 11.3 Å². The van der Waals surface area contributed by atoms with Crippen molar-refractivity contribution in [1.82, 2.24) is 4.98 Å². The third kappa shape index (κ3) is 4.01. The Morgan fingerprint density at radius 2 is 1.87 bits per heavy atom. The first kappa shape index (κ1) is 20.3. The summed E-state index contributed by atoms with van der Waals surface area (Å²) >= 11 is 1.44. The molecule has 0 saturated carbocycles. The Morgan fingerprint density at radius 3 is 2.50 bits per heavy atom. The molecule has 4 rings (SSSR count). The van der Waals surface area contributed by atoms with Crippen molar-refractivity contribution in [3.63, 3.8) is 0 Å². The number of carbonyl (C=O) groups is 1. The number of rotatable bonds is 6. The van der Waals surface area contributed by atoms with E-state index < -0.39 is 9.84 Å². The van der Waals surface area contributed by atoms with Gasteiger partial charge in [0.2, 0.25) is 0 Å². The van der Waals surface area contributed by atoms with Crippen molar-refractivity contribution in [2.24, 2.45) is 0 Å². The molecule has 0 aliphatic heterocycles. The molecule has 2 aromatic carbocycles. The maximum absolute atomic E-state index is 13.4. The number of para-hydroxylation sites is 1. The van der Waals surface area contributed by atoms with Crippen molar-refractivity contribution in [2.75, 3.05) is 11.2 Å². The highest BCUT2D eigenvalue weighted by Gasteiger charge is 2.23. The van der Waals surface area contributed by atoms with Gasteiger partial charge in [0, 0.05) is 11.8 Å². The number of sulfone groups is 1. The lowest BCUT2D eigenvalue weighted by atomic mass is 10.1. The van der Waals surface area contributed by atoms with Gasteiger partial charge >= 0.3 is 0 Å². The number of thiazole rings is 1. The summed E-state index contributed by atoms with van der Waals surface area (Å²) in [5.41, 5.74) is 2.39. The SMILES string of the molecule is CCc1cccc2sc(N(Cc3ccco3)C(=O)c3ccc(S(C)(=O)=O)cc3)nc12. The molecule has 4 aromatic rings. The monoisotopic (exact) mass is 440 g/mol. The van der Waals surface area contributed by atoms with Crippen molar-refractivity contribution in [3.8, 4) is 0 Å². The second-order valence-electron chi connectivity index (χ2n) is 6.88. The average molecular weight is 441 g/mol. The number of aromatic nitrogens is 1. The number of nitrogens with zero attached hydrogens (tertiary/aromatic N) is 2. The molecule has 0 aliphatic carbocycles. The first-order valence-electron chi connectivity index (χ1n) is 9.39. The second kappa shape index (κ2) is 8.04. The molecule has 8 heteroatoms. The number of anilines is 1. The largest absolute Gasteiger partial charge is 0.467 e. The first-order valence-corrected chi connectivity index (χ1v) is 12.1. The zero-order valence-corrected chi connectivity index (χ0v) is 18.2. The van der Waals surface area contributed by atoms with Crippen molar-refractivity contribution in [2.45, 2.75) is 24.8 Å². The van der Waals surface area contributed by atoms with Crippen LogP contribution < -0.4 is 4.90 Å². The van der Waals surface area contributed by atoms with Gasteiger partial charge in [-0.2, -0.15) is 0 Å². The fourth-order valence-electron chi connectivity index (χ4n) is 3.18. The standard InChI is InChI=1S/C22H20N2O4S2/c1-3-15-6-4-8-19-20(15)23-22(29-19)24(14-17-7-5-13-28-17)21(25)16-9-11-18(12-10-16)30(2,26)27/h4-13H,3,14H2,1-2H3. The molecule has 0 spiro atoms. The number of hydrogen-bond donors (Lipinski definition) is 0. The van der Waals surface area contributed by atoms with Crippen LogP contribution in [0.3, 0.4) is 0 Å². The molecular formula is C22H20N2O4S2. The summed E-state index contributed by atoms with van der Waals surface area (Å²) in [6, 6.07) is 15.5. The lowest BCUT2D eigenvalue weighted by Gasteiger charge is -2.19. The van der Waals surface area contributed by atoms with Gasteiger partial charge in [-0.15, -0.1) is 0 Å². The van der Waals surface area contributed by atoms with Crippen molar-refractivity contribution in [1.29, 1.82) is 0 Å². The van der Waals surface area contributed by atoms with Gasteiger partial charge in [-0.1, -0.05) is 30.4 Å². The van der Waals surface area contributed by atoms with Crippen LogP contribution in [0.4, 0.5) is 5.13 Å². The van der Waals surface area contributed by atoms with Gasteiger partial charge in [-0.25, -0.2) is 13.4 Å². The zero-order chi connectivity index (χ0) is 21.3. The number of fused-ring (bicyclic) bond motifs is 1. The van der Waals surface area contributed by atoms with E-state index in [9.17, 15) is 13.2 Å². The molecule has 0 bridgehead atoms. The number of furan rings is 1. The molecule has 0 radical (unpaired) electrons. The molecule has 0 N–H and O–H groups in total. The van der Waals surface area contributed by atoms with E-state index in [1.807, 2.05) is 18.2 Å². The summed E-state index contributed by atoms with van der Waals surface area (Å²) in [6.45, 7) is 2.30. The smallest absolute Gasteiger partial charge is 0.260 e. The van der Waals surface area contributed by atoms with Crippen LogP contribution in [0.1, 0.15) is 28.6 Å². The normalized spacial score (nSPS) is 11.7. The van der Waals surface area contributed by atoms with Gasteiger partial charge in [0.1, 0.15) is 5.76 Å². The zero-order valence-electron chi connectivity index (χ0n) is 16.5. The van der Waals surface area contributed by atoms with Gasteiger partial charge < -0.3 is 4.42 Å². The third-order valence-electron chi connectivity index (χ3n) is 4.77. The van der Waals surface area contributed by atoms with Crippen LogP contribution in [0.15, 0.2) is 70.2 Å². The molecule has 0 fully saturated rings. The highest BCUT2D eigenvalue weighted by Crippen LogP contribution is 2.33. The van der Waals surface area contributed by atoms with Crippen molar-refractivity contribution >= 4 is 42.4 Å². The highest BCUT2D eigenvalue weighted by atomic mass is 32.2. The topological polar surface area (TPSA) is 80.5 Å². The Bertz CT molecular complexity index is 1290. The van der Waals surface area contributed by atoms with Crippen LogP contribution in [0.25, 0.3) is 10.2 Å². The molecule has 30 heavy (non-hydrogen) atoms. The van der Waals surface area contributed by atoms with E-state index in [1.54, 1.807) is 23.3 Å². The summed E-state index contributed by atoms with van der Waals surface area (Å²) in [7, 11) is -3.33. The van der Waals surface area contributed by atoms with Crippen LogP contribution in [-0.2, 0) is 22.8 Å². The van der Waals surface area contributed by atoms with Crippen LogP contribution in [0.5, 0.6) is 0 Å². The lowest BCUT2D eigenvalue weighted by Crippen LogP contribution is -2.30. The third-order valence-corrected chi connectivity index (χ3v) is 6.94. The fraction of sp³-hybridized carbons (Fsp3) is 0.182. The van der Waals surface area contributed by atoms with Crippen LogP contribution in [-0.4, -0.2) is 25.6 Å². The number of amides is 1. The van der Waals surface area contributed by atoms with E-state index in [1.165, 1.54) is 35.6 Å². The lowest BCUT2D eigenvalue weighted by molar-refractivity contribution is 0.0983. The Balaban J connectivity index is 1.76. The highest BCUT2D eigenvalue weighted by molar-refractivity contribution is 7.90. The first-order chi connectivity index (χ1) is 14.4. The Hall–Kier alpha value is -2.97. The molecule has 2 aromatic heterocycles. The molecule has 2 heterocycles. The Labute approximate surface area is 178 Å². The maximum Gasteiger partial charge on any atom is 0.260 e. The number of hydrogen-bond acceptors (Lipinski definition) is 6. The summed E-state index contributed by atoms with van der Waals surface area (Å²) < 4.78 is 29.9. The quantitative estimate of drug-likeness (QED) is 0.434. The Kier molecular flexibility index (Phi) is 5.44. The van der Waals surface area contributed by atoms with Gasteiger partial charge in [0.15, 0.2) is 15.0 Å². The molecule has 0 aliphatic rings. The minimum atomic E-state index is -3.33. The van der Waals surface area contributed by atoms with E-state index in [-0.39, 0.29) is 17.3 Å². The fourth-order valence-corrected chi connectivity index (χ4v) is 4.82. The van der Waals surface area contributed by atoms with Crippen LogP contribution in [0.2, 0.25) is 0 Å². The van der Waals surface area contributed by atoms with Gasteiger partial charge in [-0.3, -0.25) is 9.69 Å². The predicted molar refractivity (Wildman–Crippen MR) is 118 cm³/mol. The number of aryl methyl sites for hydroxylation is 1. The van der Waals surface area contributed by atoms with Crippen molar-refractivity contribution < 1.29 is 17.6 Å². The maximum atomic E-state index is 13.4.